The predicted octanol–water partition coefficient (Wildman–Crippen LogP) is 3.20. The van der Waals surface area contributed by atoms with Gasteiger partial charge in [-0.25, -0.2) is 0 Å². The number of rotatable bonds is 5. The van der Waals surface area contributed by atoms with E-state index in [1.165, 1.54) is 17.3 Å². The highest BCUT2D eigenvalue weighted by Crippen LogP contribution is 2.35. The lowest BCUT2D eigenvalue weighted by atomic mass is 10.1. The number of tetrazole rings is 1. The molecule has 0 unspecified atom stereocenters. The molecular formula is C19H21N5OS. The van der Waals surface area contributed by atoms with Crippen LogP contribution in [0.5, 0.6) is 0 Å². The Kier molecular flexibility index (Phi) is 5.37. The van der Waals surface area contributed by atoms with Crippen molar-refractivity contribution in [3.8, 4) is 5.69 Å². The molecule has 3 aromatic rings. The fraction of sp³-hybridized carbons (Fsp3) is 0.263. The molecule has 0 spiro atoms. The molecule has 134 valence electrons. The minimum Gasteiger partial charge on any atom is -0.348 e. The zero-order valence-electron chi connectivity index (χ0n) is 15.2. The molecule has 0 N–H and O–H groups in total. The third-order valence-corrected chi connectivity index (χ3v) is 5.34. The van der Waals surface area contributed by atoms with Gasteiger partial charge in [0.1, 0.15) is 5.25 Å². The van der Waals surface area contributed by atoms with Gasteiger partial charge in [0.25, 0.3) is 0 Å². The average Bonchev–Trinajstić information content (AvgIpc) is 3.10. The second-order valence-electron chi connectivity index (χ2n) is 6.28. The first kappa shape index (κ1) is 18.1. The quantitative estimate of drug-likeness (QED) is 0.648. The first-order valence-electron chi connectivity index (χ1n) is 8.26. The van der Waals surface area contributed by atoms with E-state index in [2.05, 4.69) is 29.4 Å². The Morgan fingerprint density at radius 2 is 1.81 bits per heavy atom. The molecule has 0 aliphatic heterocycles. The van der Waals surface area contributed by atoms with Crippen molar-refractivity contribution in [3.63, 3.8) is 0 Å². The number of aryl methyl sites for hydroxylation is 2. The maximum Gasteiger partial charge on any atom is 0.240 e. The van der Waals surface area contributed by atoms with E-state index < -0.39 is 5.25 Å². The SMILES string of the molecule is Cc1ccc(-n2nnnc2S[C@@H](C(=O)N(C)C)c2ccccc2)cc1C. The minimum atomic E-state index is -0.414. The second kappa shape index (κ2) is 7.70. The molecular weight excluding hydrogens is 346 g/mol. The van der Waals surface area contributed by atoms with Crippen molar-refractivity contribution in [2.45, 2.75) is 24.3 Å². The Balaban J connectivity index is 1.97. The van der Waals surface area contributed by atoms with Gasteiger partial charge in [-0.2, -0.15) is 4.68 Å². The molecule has 7 heteroatoms. The third-order valence-electron chi connectivity index (χ3n) is 4.17. The molecule has 1 aromatic heterocycles. The van der Waals surface area contributed by atoms with Crippen LogP contribution in [-0.4, -0.2) is 45.1 Å². The lowest BCUT2D eigenvalue weighted by Crippen LogP contribution is -2.27. The van der Waals surface area contributed by atoms with Gasteiger partial charge in [-0.1, -0.05) is 48.2 Å². The Hall–Kier alpha value is -2.67. The number of likely N-dealkylation sites (N-methyl/N-ethyl adjacent to an activating group) is 1. The molecule has 0 saturated carbocycles. The number of aromatic nitrogens is 4. The van der Waals surface area contributed by atoms with Gasteiger partial charge in [0.05, 0.1) is 5.69 Å². The summed E-state index contributed by atoms with van der Waals surface area (Å²) in [6, 6.07) is 15.8. The molecule has 1 heterocycles. The molecule has 0 saturated heterocycles. The monoisotopic (exact) mass is 367 g/mol. The number of nitrogens with zero attached hydrogens (tertiary/aromatic N) is 5. The number of thioether (sulfide) groups is 1. The van der Waals surface area contributed by atoms with Gasteiger partial charge < -0.3 is 4.90 Å². The van der Waals surface area contributed by atoms with E-state index in [4.69, 9.17) is 0 Å². The molecule has 1 atom stereocenters. The van der Waals surface area contributed by atoms with Crippen molar-refractivity contribution >= 4 is 17.7 Å². The smallest absolute Gasteiger partial charge is 0.240 e. The lowest BCUT2D eigenvalue weighted by molar-refractivity contribution is -0.128. The van der Waals surface area contributed by atoms with Crippen LogP contribution < -0.4 is 0 Å². The fourth-order valence-electron chi connectivity index (χ4n) is 2.50. The molecule has 3 rings (SSSR count). The van der Waals surface area contributed by atoms with Gasteiger partial charge in [-0.05, 0) is 53.1 Å². The van der Waals surface area contributed by atoms with Crippen molar-refractivity contribution in [1.29, 1.82) is 0 Å². The summed E-state index contributed by atoms with van der Waals surface area (Å²) < 4.78 is 1.68. The molecule has 2 aromatic carbocycles. The third kappa shape index (κ3) is 3.77. The topological polar surface area (TPSA) is 63.9 Å². The first-order chi connectivity index (χ1) is 12.5. The molecule has 0 radical (unpaired) electrons. The van der Waals surface area contributed by atoms with Crippen LogP contribution in [0.15, 0.2) is 53.7 Å². The van der Waals surface area contributed by atoms with Crippen molar-refractivity contribution in [1.82, 2.24) is 25.1 Å². The van der Waals surface area contributed by atoms with Crippen molar-refractivity contribution < 1.29 is 4.79 Å². The summed E-state index contributed by atoms with van der Waals surface area (Å²) in [7, 11) is 3.51. The first-order valence-corrected chi connectivity index (χ1v) is 9.14. The van der Waals surface area contributed by atoms with Gasteiger partial charge in [0, 0.05) is 14.1 Å². The van der Waals surface area contributed by atoms with Gasteiger partial charge in [-0.15, -0.1) is 5.10 Å². The number of hydrogen-bond acceptors (Lipinski definition) is 5. The molecule has 26 heavy (non-hydrogen) atoms. The van der Waals surface area contributed by atoms with Gasteiger partial charge in [0.15, 0.2) is 0 Å². The van der Waals surface area contributed by atoms with Crippen LogP contribution in [0.2, 0.25) is 0 Å². The van der Waals surface area contributed by atoms with E-state index in [0.29, 0.717) is 5.16 Å². The van der Waals surface area contributed by atoms with Crippen LogP contribution in [0.3, 0.4) is 0 Å². The molecule has 0 bridgehead atoms. The predicted molar refractivity (Wildman–Crippen MR) is 102 cm³/mol. The fourth-order valence-corrected chi connectivity index (χ4v) is 3.64. The highest BCUT2D eigenvalue weighted by Gasteiger charge is 2.26. The zero-order chi connectivity index (χ0) is 18.7. The van der Waals surface area contributed by atoms with Crippen molar-refractivity contribution in [2.75, 3.05) is 14.1 Å². The Morgan fingerprint density at radius 3 is 2.46 bits per heavy atom. The number of carbonyl (C=O) groups excluding carboxylic acids is 1. The summed E-state index contributed by atoms with van der Waals surface area (Å²) in [6.45, 7) is 4.12. The number of hydrogen-bond donors (Lipinski definition) is 0. The standard InChI is InChI=1S/C19H21N5OS/c1-13-10-11-16(12-14(13)2)24-19(20-21-22-24)26-17(18(25)23(3)4)15-8-6-5-7-9-15/h5-12,17H,1-4H3/t17-/m1/s1. The Labute approximate surface area is 157 Å². The van der Waals surface area contributed by atoms with Crippen molar-refractivity contribution in [2.24, 2.45) is 0 Å². The maximum atomic E-state index is 12.7. The summed E-state index contributed by atoms with van der Waals surface area (Å²) in [5.74, 6) is -0.00385. The average molecular weight is 367 g/mol. The highest BCUT2D eigenvalue weighted by molar-refractivity contribution is 8.00. The van der Waals surface area contributed by atoms with E-state index in [0.717, 1.165) is 16.8 Å². The van der Waals surface area contributed by atoms with Crippen LogP contribution in [0.1, 0.15) is 21.9 Å². The Bertz CT molecular complexity index is 907. The van der Waals surface area contributed by atoms with Crippen LogP contribution in [0.4, 0.5) is 0 Å². The molecule has 6 nitrogen and oxygen atoms in total. The lowest BCUT2D eigenvalue weighted by Gasteiger charge is -2.20. The summed E-state index contributed by atoms with van der Waals surface area (Å²) in [6.07, 6.45) is 0. The van der Waals surface area contributed by atoms with Gasteiger partial charge in [-0.3, -0.25) is 4.79 Å². The van der Waals surface area contributed by atoms with E-state index in [1.807, 2.05) is 48.5 Å². The summed E-state index contributed by atoms with van der Waals surface area (Å²) >= 11 is 1.35. The summed E-state index contributed by atoms with van der Waals surface area (Å²) in [5, 5.41) is 12.2. The van der Waals surface area contributed by atoms with Crippen molar-refractivity contribution in [3.05, 3.63) is 65.2 Å². The molecule has 0 aliphatic rings. The number of amides is 1. The Morgan fingerprint density at radius 1 is 1.08 bits per heavy atom. The van der Waals surface area contributed by atoms with Gasteiger partial charge in [0.2, 0.25) is 11.1 Å². The van der Waals surface area contributed by atoms with Crippen LogP contribution in [0.25, 0.3) is 5.69 Å². The van der Waals surface area contributed by atoms with Crippen LogP contribution in [-0.2, 0) is 4.79 Å². The van der Waals surface area contributed by atoms with Crippen LogP contribution >= 0.6 is 11.8 Å². The summed E-state index contributed by atoms with van der Waals surface area (Å²) in [5.41, 5.74) is 4.18. The molecule has 1 amide bonds. The molecule has 0 aliphatic carbocycles. The van der Waals surface area contributed by atoms with E-state index >= 15 is 0 Å². The minimum absolute atomic E-state index is 0.00385. The number of carbonyl (C=O) groups is 1. The normalized spacial score (nSPS) is 12.0. The van der Waals surface area contributed by atoms with E-state index in [9.17, 15) is 4.79 Å². The zero-order valence-corrected chi connectivity index (χ0v) is 16.1. The highest BCUT2D eigenvalue weighted by atomic mass is 32.2. The van der Waals surface area contributed by atoms with Crippen LogP contribution in [0, 0.1) is 13.8 Å². The van der Waals surface area contributed by atoms with Gasteiger partial charge >= 0.3 is 0 Å². The van der Waals surface area contributed by atoms with E-state index in [-0.39, 0.29) is 5.91 Å². The molecule has 0 fully saturated rings. The number of benzene rings is 2. The largest absolute Gasteiger partial charge is 0.348 e. The maximum absolute atomic E-state index is 12.7. The van der Waals surface area contributed by atoms with E-state index in [1.54, 1.807) is 23.7 Å². The second-order valence-corrected chi connectivity index (χ2v) is 7.36. The summed E-state index contributed by atoms with van der Waals surface area (Å²) in [4.78, 5) is 14.3.